The maximum atomic E-state index is 14.1. The zero-order valence-electron chi connectivity index (χ0n) is 32.1. The molecule has 4 N–H and O–H groups in total. The average Bonchev–Trinajstić information content (AvgIpc) is 4.06. The minimum Gasteiger partial charge on any atom is -0.507 e. The van der Waals surface area contributed by atoms with E-state index in [2.05, 4.69) is 41.6 Å². The van der Waals surface area contributed by atoms with Gasteiger partial charge in [-0.3, -0.25) is 14.5 Å². The molecule has 0 spiro atoms. The van der Waals surface area contributed by atoms with E-state index in [9.17, 15) is 19.8 Å². The van der Waals surface area contributed by atoms with Crippen LogP contribution in [0.5, 0.6) is 11.6 Å². The normalized spacial score (nSPS) is 19.1. The first kappa shape index (κ1) is 38.2. The lowest BCUT2D eigenvalue weighted by atomic mass is 9.91. The monoisotopic (exact) mass is 790 g/mol. The molecule has 2 saturated heterocycles. The van der Waals surface area contributed by atoms with Crippen LogP contribution in [-0.2, 0) is 16.1 Å². The van der Waals surface area contributed by atoms with Crippen molar-refractivity contribution in [1.29, 1.82) is 0 Å². The Balaban J connectivity index is 0.840. The standard InChI is InChI=1S/C42H46N8O6S/c1-24(2)38(42(54)50-22-30(51)18-34(50)41(53)43-20-26-8-10-27(11-9-26)39-25(3)44-23-57-39)36-19-37(48-56-36)55-15-14-49-13-12-28(21-49)32-16-29-17-33(46-47-40(29)45-32)31-6-4-5-7-35(31)52/h4-11,16-17,19,23-24,28,30,34,38,51-52H,12-15,18,20-22H2,1-3H3,(H,43,53)(H,45,47)/t28-,30-,34+,38-/m1/s1. The van der Waals surface area contributed by atoms with Gasteiger partial charge >= 0.3 is 0 Å². The number of aromatic nitrogens is 5. The summed E-state index contributed by atoms with van der Waals surface area (Å²) in [6.45, 7) is 8.99. The van der Waals surface area contributed by atoms with Gasteiger partial charge in [0, 0.05) is 61.2 Å². The van der Waals surface area contributed by atoms with E-state index in [0.29, 0.717) is 54.2 Å². The Bertz CT molecular complexity index is 2360. The van der Waals surface area contributed by atoms with Crippen molar-refractivity contribution >= 4 is 34.2 Å². The summed E-state index contributed by atoms with van der Waals surface area (Å²) in [5.74, 6) is -0.384. The molecular weight excluding hydrogens is 745 g/mol. The summed E-state index contributed by atoms with van der Waals surface area (Å²) < 4.78 is 11.7. The number of β-amino-alcohol motifs (C(OH)–C–C–N with tert-alkyl or cyclic N) is 1. The topological polar surface area (TPSA) is 183 Å². The zero-order chi connectivity index (χ0) is 39.6. The second-order valence-electron chi connectivity index (χ2n) is 15.3. The molecule has 2 amide bonds. The molecule has 4 aromatic heterocycles. The first-order valence-electron chi connectivity index (χ1n) is 19.3. The van der Waals surface area contributed by atoms with Crippen molar-refractivity contribution in [3.63, 3.8) is 0 Å². The van der Waals surface area contributed by atoms with E-state index in [0.717, 1.165) is 52.3 Å². The van der Waals surface area contributed by atoms with Crippen LogP contribution >= 0.6 is 11.3 Å². The average molecular weight is 791 g/mol. The van der Waals surface area contributed by atoms with Crippen LogP contribution in [0.4, 0.5) is 0 Å². The van der Waals surface area contributed by atoms with Gasteiger partial charge in [0.1, 0.15) is 24.3 Å². The lowest BCUT2D eigenvalue weighted by molar-refractivity contribution is -0.141. The number of aromatic hydroxyl groups is 1. The van der Waals surface area contributed by atoms with Gasteiger partial charge in [0.2, 0.25) is 11.8 Å². The molecule has 4 atom stereocenters. The van der Waals surface area contributed by atoms with Crippen LogP contribution < -0.4 is 10.1 Å². The van der Waals surface area contributed by atoms with Crippen molar-refractivity contribution in [2.75, 3.05) is 32.8 Å². The predicted molar refractivity (Wildman–Crippen MR) is 215 cm³/mol. The van der Waals surface area contributed by atoms with Crippen LogP contribution in [0, 0.1) is 12.8 Å². The Labute approximate surface area is 333 Å². The van der Waals surface area contributed by atoms with E-state index in [4.69, 9.17) is 9.26 Å². The number of nitrogens with zero attached hydrogens (tertiary/aromatic N) is 6. The number of benzene rings is 2. The molecule has 0 aliphatic carbocycles. The Hall–Kier alpha value is -5.64. The van der Waals surface area contributed by atoms with Gasteiger partial charge in [-0.15, -0.1) is 21.5 Å². The summed E-state index contributed by atoms with van der Waals surface area (Å²) in [5, 5.41) is 37.6. The highest BCUT2D eigenvalue weighted by Crippen LogP contribution is 2.34. The highest BCUT2D eigenvalue weighted by Gasteiger charge is 2.43. The second kappa shape index (κ2) is 16.5. The summed E-state index contributed by atoms with van der Waals surface area (Å²) in [4.78, 5) is 40.2. The number of phenolic OH excluding ortho intramolecular Hbond substituents is 1. The first-order chi connectivity index (χ1) is 27.6. The fraction of sp³-hybridized carbons (Fsp3) is 0.381. The number of thiazole rings is 1. The van der Waals surface area contributed by atoms with Gasteiger partial charge in [0.05, 0.1) is 27.9 Å². The van der Waals surface area contributed by atoms with Crippen LogP contribution in [-0.4, -0.2) is 102 Å². The number of hydrogen-bond acceptors (Lipinski definition) is 12. The van der Waals surface area contributed by atoms with Crippen molar-refractivity contribution in [3.05, 3.63) is 95.0 Å². The zero-order valence-corrected chi connectivity index (χ0v) is 32.9. The molecule has 296 valence electrons. The largest absolute Gasteiger partial charge is 0.507 e. The van der Waals surface area contributed by atoms with Crippen molar-refractivity contribution in [2.24, 2.45) is 5.92 Å². The number of aliphatic hydroxyl groups is 1. The van der Waals surface area contributed by atoms with Gasteiger partial charge in [-0.05, 0) is 66.4 Å². The molecule has 2 aliphatic heterocycles. The minimum atomic E-state index is -0.814. The molecule has 0 bridgehead atoms. The van der Waals surface area contributed by atoms with Crippen LogP contribution in [0.2, 0.25) is 0 Å². The first-order valence-corrected chi connectivity index (χ1v) is 20.2. The Kier molecular flexibility index (Phi) is 11.0. The molecule has 14 nitrogen and oxygen atoms in total. The summed E-state index contributed by atoms with van der Waals surface area (Å²) >= 11 is 1.59. The van der Waals surface area contributed by atoms with Crippen LogP contribution in [0.1, 0.15) is 61.2 Å². The number of aryl methyl sites for hydroxylation is 1. The van der Waals surface area contributed by atoms with E-state index in [-0.39, 0.29) is 36.4 Å². The molecule has 2 aliphatic rings. The van der Waals surface area contributed by atoms with Crippen molar-refractivity contribution in [3.8, 4) is 33.3 Å². The molecule has 6 heterocycles. The molecule has 8 rings (SSSR count). The summed E-state index contributed by atoms with van der Waals surface area (Å²) in [6.07, 6.45) is 0.318. The van der Waals surface area contributed by atoms with Gasteiger partial charge < -0.3 is 34.7 Å². The number of phenols is 1. The number of nitrogens with one attached hydrogen (secondary N) is 2. The summed E-state index contributed by atoms with van der Waals surface area (Å²) in [5.41, 5.74) is 7.88. The third kappa shape index (κ3) is 8.27. The van der Waals surface area contributed by atoms with Gasteiger partial charge in [0.15, 0.2) is 11.4 Å². The molecule has 6 aromatic rings. The number of carbonyl (C=O) groups is 2. The van der Waals surface area contributed by atoms with E-state index >= 15 is 0 Å². The van der Waals surface area contributed by atoms with E-state index in [1.165, 1.54) is 4.90 Å². The molecule has 0 unspecified atom stereocenters. The number of para-hydroxylation sites is 1. The van der Waals surface area contributed by atoms with Gasteiger partial charge in [0.25, 0.3) is 5.88 Å². The fourth-order valence-corrected chi connectivity index (χ4v) is 8.74. The smallest absolute Gasteiger partial charge is 0.254 e. The number of amides is 2. The quantitative estimate of drug-likeness (QED) is 0.114. The number of aliphatic hydroxyl groups excluding tert-OH is 1. The maximum Gasteiger partial charge on any atom is 0.254 e. The Morgan fingerprint density at radius 2 is 1.91 bits per heavy atom. The van der Waals surface area contributed by atoms with E-state index in [1.807, 2.05) is 68.7 Å². The SMILES string of the molecule is Cc1ncsc1-c1ccc(CNC(=O)[C@@H]2C[C@@H](O)CN2C(=O)[C@@H](c2cc(OCCN3CC[C@@H](c4cc5cc(-c6ccccc6O)nnc5[nH]4)C3)no2)C(C)C)cc1. The number of ether oxygens (including phenoxy) is 1. The summed E-state index contributed by atoms with van der Waals surface area (Å²) in [6, 6.07) is 20.0. The highest BCUT2D eigenvalue weighted by atomic mass is 32.1. The minimum absolute atomic E-state index is 0.0581. The third-order valence-electron chi connectivity index (χ3n) is 11.0. The maximum absolute atomic E-state index is 14.1. The molecule has 2 fully saturated rings. The molecule has 0 saturated carbocycles. The molecular formula is C42H46N8O6S. The molecule has 15 heteroatoms. The third-order valence-corrected chi connectivity index (χ3v) is 12.0. The van der Waals surface area contributed by atoms with Gasteiger partial charge in [-0.25, -0.2) is 4.98 Å². The molecule has 0 radical (unpaired) electrons. The number of fused-ring (bicyclic) bond motifs is 1. The van der Waals surface area contributed by atoms with Crippen LogP contribution in [0.25, 0.3) is 32.7 Å². The van der Waals surface area contributed by atoms with Crippen molar-refractivity contribution < 1.29 is 29.1 Å². The van der Waals surface area contributed by atoms with Crippen molar-refractivity contribution in [1.82, 2.24) is 40.4 Å². The highest BCUT2D eigenvalue weighted by molar-refractivity contribution is 7.13. The lowest BCUT2D eigenvalue weighted by Gasteiger charge is -2.28. The van der Waals surface area contributed by atoms with E-state index < -0.39 is 18.1 Å². The number of H-pyrrole nitrogens is 1. The van der Waals surface area contributed by atoms with Gasteiger partial charge in [-0.1, -0.05) is 50.2 Å². The predicted octanol–water partition coefficient (Wildman–Crippen LogP) is 5.64. The number of carbonyl (C=O) groups excluding carboxylic acids is 2. The number of hydrogen-bond donors (Lipinski definition) is 4. The Morgan fingerprint density at radius 1 is 1.09 bits per heavy atom. The number of aromatic amines is 1. The van der Waals surface area contributed by atoms with Crippen LogP contribution in [0.3, 0.4) is 0 Å². The fourth-order valence-electron chi connectivity index (χ4n) is 7.93. The number of rotatable bonds is 13. The second-order valence-corrected chi connectivity index (χ2v) is 16.1. The van der Waals surface area contributed by atoms with Crippen LogP contribution in [0.15, 0.2) is 76.8 Å². The Morgan fingerprint density at radius 3 is 2.68 bits per heavy atom. The molecule has 57 heavy (non-hydrogen) atoms. The van der Waals surface area contributed by atoms with E-state index in [1.54, 1.807) is 29.5 Å². The molecule has 2 aromatic carbocycles. The lowest BCUT2D eigenvalue weighted by Crippen LogP contribution is -2.48. The van der Waals surface area contributed by atoms with Gasteiger partial charge in [-0.2, -0.15) is 0 Å². The van der Waals surface area contributed by atoms with Crippen molar-refractivity contribution in [2.45, 2.75) is 64.1 Å². The summed E-state index contributed by atoms with van der Waals surface area (Å²) in [7, 11) is 0. The number of likely N-dealkylation sites (tertiary alicyclic amines) is 2.